The van der Waals surface area contributed by atoms with E-state index in [2.05, 4.69) is 0 Å². The summed E-state index contributed by atoms with van der Waals surface area (Å²) in [6.07, 6.45) is 2.57. The van der Waals surface area contributed by atoms with Gasteiger partial charge in [-0.25, -0.2) is 4.90 Å². The average molecular weight is 597 g/mol. The van der Waals surface area contributed by atoms with Crippen LogP contribution in [0.4, 0.5) is 11.4 Å². The fourth-order valence-electron chi connectivity index (χ4n) is 7.97. The van der Waals surface area contributed by atoms with Crippen LogP contribution in [-0.4, -0.2) is 35.8 Å². The minimum Gasteiger partial charge on any atom is -0.508 e. The summed E-state index contributed by atoms with van der Waals surface area (Å²) in [6.45, 7) is 1.82. The second kappa shape index (κ2) is 9.81. The molecule has 4 aliphatic rings. The molecule has 1 N–H and O–H groups in total. The van der Waals surface area contributed by atoms with E-state index in [-0.39, 0.29) is 35.8 Å². The standard InChI is InChI=1S/C34H29ClN2O6/c1-34-26(31(40)37(33(34)42)19-6-4-3-5-7-19)17-25-22(29(34)23-13-12-21(38)16-27(23)43-2)14-15-24-28(25)32(41)36(30(24)39)20-10-8-18(35)9-11-20/h3-14,16,24-26,28-29,38H,15,17H2,1-2H3/t24-,25+,26-,28-,29+,34+/m0/s1. The van der Waals surface area contributed by atoms with E-state index in [1.165, 1.54) is 29.0 Å². The van der Waals surface area contributed by atoms with E-state index in [1.807, 2.05) is 19.1 Å². The number of methoxy groups -OCH3 is 1. The lowest BCUT2D eigenvalue weighted by molar-refractivity contribution is -0.131. The maximum atomic E-state index is 14.5. The van der Waals surface area contributed by atoms with Crippen molar-refractivity contribution in [3.63, 3.8) is 0 Å². The van der Waals surface area contributed by atoms with E-state index in [4.69, 9.17) is 16.3 Å². The normalized spacial score (nSPS) is 29.7. The number of halogens is 1. The number of allylic oxidation sites excluding steroid dienone is 2. The topological polar surface area (TPSA) is 104 Å². The largest absolute Gasteiger partial charge is 0.508 e. The van der Waals surface area contributed by atoms with Crippen LogP contribution >= 0.6 is 11.6 Å². The van der Waals surface area contributed by atoms with E-state index in [9.17, 15) is 24.3 Å². The lowest BCUT2D eigenvalue weighted by Gasteiger charge is -2.49. The van der Waals surface area contributed by atoms with E-state index < -0.39 is 35.0 Å². The summed E-state index contributed by atoms with van der Waals surface area (Å²) in [4.78, 5) is 59.0. The molecule has 0 radical (unpaired) electrons. The zero-order valence-corrected chi connectivity index (χ0v) is 24.3. The van der Waals surface area contributed by atoms with Gasteiger partial charge in [0.25, 0.3) is 0 Å². The molecular weight excluding hydrogens is 568 g/mol. The van der Waals surface area contributed by atoms with Crippen molar-refractivity contribution in [1.82, 2.24) is 0 Å². The second-order valence-electron chi connectivity index (χ2n) is 11.9. The first-order valence-corrected chi connectivity index (χ1v) is 14.7. The Labute approximate surface area is 253 Å². The molecule has 2 aliphatic carbocycles. The number of nitrogens with zero attached hydrogens (tertiary/aromatic N) is 2. The predicted octanol–water partition coefficient (Wildman–Crippen LogP) is 5.49. The van der Waals surface area contributed by atoms with Gasteiger partial charge >= 0.3 is 0 Å². The Balaban J connectivity index is 1.39. The molecule has 0 aromatic heterocycles. The first-order valence-electron chi connectivity index (χ1n) is 14.3. The van der Waals surface area contributed by atoms with Gasteiger partial charge in [-0.15, -0.1) is 0 Å². The molecule has 3 aromatic rings. The highest BCUT2D eigenvalue weighted by atomic mass is 35.5. The number of imide groups is 2. The molecule has 8 nitrogen and oxygen atoms in total. The molecule has 2 saturated heterocycles. The lowest BCUT2D eigenvalue weighted by atomic mass is 9.51. The van der Waals surface area contributed by atoms with Crippen molar-refractivity contribution < 1.29 is 29.0 Å². The van der Waals surface area contributed by atoms with Gasteiger partial charge in [-0.2, -0.15) is 0 Å². The van der Waals surface area contributed by atoms with Crippen LogP contribution < -0.4 is 14.5 Å². The summed E-state index contributed by atoms with van der Waals surface area (Å²) in [5.41, 5.74) is 1.23. The summed E-state index contributed by atoms with van der Waals surface area (Å²) in [5, 5.41) is 10.8. The van der Waals surface area contributed by atoms with E-state index in [0.29, 0.717) is 34.1 Å². The van der Waals surface area contributed by atoms with Crippen molar-refractivity contribution in [2.45, 2.75) is 25.7 Å². The van der Waals surface area contributed by atoms with Gasteiger partial charge in [-0.1, -0.05) is 47.5 Å². The minimum atomic E-state index is -1.20. The number of hydrogen-bond donors (Lipinski definition) is 1. The molecule has 6 atom stereocenters. The van der Waals surface area contributed by atoms with E-state index in [0.717, 1.165) is 5.57 Å². The molecular formula is C34H29ClN2O6. The third-order valence-electron chi connectivity index (χ3n) is 9.90. The smallest absolute Gasteiger partial charge is 0.241 e. The van der Waals surface area contributed by atoms with Crippen LogP contribution in [0, 0.1) is 29.1 Å². The van der Waals surface area contributed by atoms with E-state index >= 15 is 0 Å². The number of fused-ring (bicyclic) bond motifs is 4. The van der Waals surface area contributed by atoms with Gasteiger partial charge in [0, 0.05) is 22.6 Å². The molecule has 1 saturated carbocycles. The number of carbonyl (C=O) groups is 4. The van der Waals surface area contributed by atoms with Gasteiger partial charge in [-0.05, 0) is 68.1 Å². The van der Waals surface area contributed by atoms with Gasteiger partial charge in [0.05, 0.1) is 41.7 Å². The van der Waals surface area contributed by atoms with Crippen LogP contribution in [0.1, 0.15) is 31.2 Å². The van der Waals surface area contributed by atoms with Crippen molar-refractivity contribution >= 4 is 46.6 Å². The third-order valence-corrected chi connectivity index (χ3v) is 10.2. The van der Waals surface area contributed by atoms with Crippen molar-refractivity contribution in [3.8, 4) is 11.5 Å². The Hall–Kier alpha value is -4.43. The molecule has 2 aliphatic heterocycles. The van der Waals surface area contributed by atoms with Gasteiger partial charge in [0.1, 0.15) is 11.5 Å². The number of carbonyl (C=O) groups excluding carboxylic acids is 4. The Kier molecular flexibility index (Phi) is 6.25. The molecule has 4 amide bonds. The molecule has 0 unspecified atom stereocenters. The van der Waals surface area contributed by atoms with Crippen molar-refractivity contribution in [3.05, 3.63) is 95.0 Å². The zero-order chi connectivity index (χ0) is 30.2. The Morgan fingerprint density at radius 1 is 0.860 bits per heavy atom. The third kappa shape index (κ3) is 3.82. The van der Waals surface area contributed by atoms with Crippen LogP contribution in [0.5, 0.6) is 11.5 Å². The molecule has 0 bridgehead atoms. The first-order chi connectivity index (χ1) is 20.7. The van der Waals surface area contributed by atoms with Crippen LogP contribution in [-0.2, 0) is 19.2 Å². The fourth-order valence-corrected chi connectivity index (χ4v) is 8.09. The van der Waals surface area contributed by atoms with Gasteiger partial charge < -0.3 is 9.84 Å². The zero-order valence-electron chi connectivity index (χ0n) is 23.6. The van der Waals surface area contributed by atoms with Gasteiger partial charge in [-0.3, -0.25) is 24.1 Å². The summed E-state index contributed by atoms with van der Waals surface area (Å²) in [5.74, 6) is -3.98. The lowest BCUT2D eigenvalue weighted by Crippen LogP contribution is -2.49. The molecule has 9 heteroatoms. The number of phenols is 1. The van der Waals surface area contributed by atoms with E-state index in [1.54, 1.807) is 54.6 Å². The summed E-state index contributed by atoms with van der Waals surface area (Å²) in [7, 11) is 1.49. The van der Waals surface area contributed by atoms with Crippen LogP contribution in [0.15, 0.2) is 84.4 Å². The highest BCUT2D eigenvalue weighted by molar-refractivity contribution is 6.31. The summed E-state index contributed by atoms with van der Waals surface area (Å²) < 4.78 is 5.70. The summed E-state index contributed by atoms with van der Waals surface area (Å²) >= 11 is 6.07. The van der Waals surface area contributed by atoms with Crippen molar-refractivity contribution in [2.75, 3.05) is 16.9 Å². The highest BCUT2D eigenvalue weighted by Gasteiger charge is 2.68. The Morgan fingerprint density at radius 3 is 2.26 bits per heavy atom. The number of hydrogen-bond acceptors (Lipinski definition) is 6. The number of benzene rings is 3. The minimum absolute atomic E-state index is 0.00209. The average Bonchev–Trinajstić information content (AvgIpc) is 3.38. The molecule has 0 spiro atoms. The predicted molar refractivity (Wildman–Crippen MR) is 160 cm³/mol. The SMILES string of the molecule is COc1cc(O)ccc1[C@H]1C2=CC[C@@H]3C(=O)N(c4ccc(Cl)cc4)C(=O)[C@@H]3[C@@H]2C[C@H]2C(=O)N(c3ccccc3)C(=O)[C@@]12C. The van der Waals surface area contributed by atoms with Crippen LogP contribution in [0.25, 0.3) is 0 Å². The number of phenolic OH excluding ortho intramolecular Hbond substituents is 1. The highest BCUT2D eigenvalue weighted by Crippen LogP contribution is 2.64. The van der Waals surface area contributed by atoms with Gasteiger partial charge in [0.15, 0.2) is 0 Å². The van der Waals surface area contributed by atoms with Gasteiger partial charge in [0.2, 0.25) is 23.6 Å². The molecule has 3 aromatic carbocycles. The number of ether oxygens (including phenoxy) is 1. The van der Waals surface area contributed by atoms with Crippen LogP contribution in [0.3, 0.4) is 0 Å². The number of aromatic hydroxyl groups is 1. The second-order valence-corrected chi connectivity index (χ2v) is 12.3. The molecule has 218 valence electrons. The molecule has 7 rings (SSSR count). The van der Waals surface area contributed by atoms with Crippen molar-refractivity contribution in [1.29, 1.82) is 0 Å². The Morgan fingerprint density at radius 2 is 1.56 bits per heavy atom. The van der Waals surface area contributed by atoms with Crippen molar-refractivity contribution in [2.24, 2.45) is 29.1 Å². The Bertz CT molecular complexity index is 1720. The molecule has 2 heterocycles. The fraction of sp³-hybridized carbons (Fsp3) is 0.294. The molecule has 43 heavy (non-hydrogen) atoms. The monoisotopic (exact) mass is 596 g/mol. The number of rotatable bonds is 4. The number of amides is 4. The maximum Gasteiger partial charge on any atom is 0.241 e. The molecule has 3 fully saturated rings. The first kappa shape index (κ1) is 27.4. The van der Waals surface area contributed by atoms with Crippen LogP contribution in [0.2, 0.25) is 5.02 Å². The number of para-hydroxylation sites is 1. The maximum absolute atomic E-state index is 14.5. The quantitative estimate of drug-likeness (QED) is 0.316. The summed E-state index contributed by atoms with van der Waals surface area (Å²) in [6, 6.07) is 20.2. The number of anilines is 2.